The molecule has 1 heterocycles. The molecule has 0 aliphatic heterocycles. The number of amides is 1. The van der Waals surface area contributed by atoms with E-state index in [-0.39, 0.29) is 29.4 Å². The molecule has 0 fully saturated rings. The van der Waals surface area contributed by atoms with Crippen LogP contribution in [0.5, 0.6) is 0 Å². The van der Waals surface area contributed by atoms with E-state index in [9.17, 15) is 26.7 Å². The van der Waals surface area contributed by atoms with Crippen LogP contribution in [-0.2, 0) is 6.18 Å². The van der Waals surface area contributed by atoms with Gasteiger partial charge in [0.25, 0.3) is 11.8 Å². The lowest BCUT2D eigenvalue weighted by molar-refractivity contribution is -0.137. The Morgan fingerprint density at radius 1 is 1.27 bits per heavy atom. The van der Waals surface area contributed by atoms with E-state index in [1.54, 1.807) is 0 Å². The number of nitrogens with two attached hydrogens (primary N) is 1. The second-order valence-corrected chi connectivity index (χ2v) is 5.35. The van der Waals surface area contributed by atoms with E-state index in [1.807, 2.05) is 5.32 Å². The van der Waals surface area contributed by atoms with Crippen molar-refractivity contribution in [2.24, 2.45) is 5.73 Å². The molecule has 5 nitrogen and oxygen atoms in total. The first kappa shape index (κ1) is 21.8. The predicted molar refractivity (Wildman–Crippen MR) is 86.9 cm³/mol. The summed E-state index contributed by atoms with van der Waals surface area (Å²) in [4.78, 5) is 12.0. The maximum atomic E-state index is 13.1. The van der Waals surface area contributed by atoms with Crippen LogP contribution in [0.25, 0.3) is 5.69 Å². The van der Waals surface area contributed by atoms with Crippen LogP contribution in [-0.4, -0.2) is 34.7 Å². The third-order valence-electron chi connectivity index (χ3n) is 3.48. The Morgan fingerprint density at radius 3 is 2.50 bits per heavy atom. The molecule has 1 amide bonds. The first-order valence-electron chi connectivity index (χ1n) is 7.13. The van der Waals surface area contributed by atoms with Crippen LogP contribution in [0, 0.1) is 6.92 Å². The molecule has 0 radical (unpaired) electrons. The van der Waals surface area contributed by atoms with Crippen LogP contribution in [0.4, 0.5) is 22.0 Å². The van der Waals surface area contributed by atoms with Crippen molar-refractivity contribution in [3.05, 3.63) is 47.3 Å². The molecular weight excluding hydrogens is 383 g/mol. The summed E-state index contributed by atoms with van der Waals surface area (Å²) in [6.45, 7) is -0.421. The summed E-state index contributed by atoms with van der Waals surface area (Å²) in [6, 6.07) is 4.38. The molecule has 0 atom stereocenters. The van der Waals surface area contributed by atoms with E-state index in [0.29, 0.717) is 0 Å². The van der Waals surface area contributed by atoms with Gasteiger partial charge >= 0.3 is 6.18 Å². The highest BCUT2D eigenvalue weighted by atomic mass is 35.5. The molecule has 3 N–H and O–H groups in total. The van der Waals surface area contributed by atoms with Gasteiger partial charge in [-0.3, -0.25) is 4.79 Å². The smallest absolute Gasteiger partial charge is 0.346 e. The third-order valence-corrected chi connectivity index (χ3v) is 3.48. The van der Waals surface area contributed by atoms with Gasteiger partial charge in [0.05, 0.1) is 41.8 Å². The number of rotatable bonds is 5. The van der Waals surface area contributed by atoms with Crippen molar-refractivity contribution in [2.75, 3.05) is 13.1 Å². The Labute approximate surface area is 151 Å². The standard InChI is InChI=1S/C15H15F5N4O.ClH/c1-9-12(13(25)22-8-14(16,17)7-21)6-23-24(9)11-4-2-3-10(5-11)15(18,19)20;/h2-6H,7-8,21H2,1H3,(H,22,25);1H. The van der Waals surface area contributed by atoms with E-state index in [1.165, 1.54) is 19.1 Å². The summed E-state index contributed by atoms with van der Waals surface area (Å²) in [6.07, 6.45) is -3.42. The molecule has 144 valence electrons. The maximum Gasteiger partial charge on any atom is 0.416 e. The summed E-state index contributed by atoms with van der Waals surface area (Å²) >= 11 is 0. The number of benzene rings is 1. The van der Waals surface area contributed by atoms with Crippen LogP contribution in [0.3, 0.4) is 0 Å². The molecular formula is C15H16ClF5N4O. The molecule has 0 spiro atoms. The van der Waals surface area contributed by atoms with Crippen LogP contribution in [0.2, 0.25) is 0 Å². The largest absolute Gasteiger partial charge is 0.416 e. The Balaban J connectivity index is 0.00000338. The first-order valence-corrected chi connectivity index (χ1v) is 7.13. The number of aromatic nitrogens is 2. The van der Waals surface area contributed by atoms with Crippen LogP contribution >= 0.6 is 12.4 Å². The SMILES string of the molecule is Cc1c(C(=O)NCC(F)(F)CN)cnn1-c1cccc(C(F)(F)F)c1.Cl. The molecule has 1 aromatic heterocycles. The molecule has 0 aliphatic carbocycles. The van der Waals surface area contributed by atoms with Gasteiger partial charge in [-0.25, -0.2) is 13.5 Å². The van der Waals surface area contributed by atoms with Crippen molar-refractivity contribution in [1.82, 2.24) is 15.1 Å². The minimum absolute atomic E-state index is 0. The van der Waals surface area contributed by atoms with E-state index < -0.39 is 36.7 Å². The van der Waals surface area contributed by atoms with Gasteiger partial charge in [-0.2, -0.15) is 18.3 Å². The van der Waals surface area contributed by atoms with E-state index >= 15 is 0 Å². The zero-order valence-corrected chi connectivity index (χ0v) is 14.3. The highest BCUT2D eigenvalue weighted by Gasteiger charge is 2.31. The number of hydrogen-bond acceptors (Lipinski definition) is 3. The Bertz CT molecular complexity index is 776. The minimum Gasteiger partial charge on any atom is -0.346 e. The molecule has 0 saturated heterocycles. The lowest BCUT2D eigenvalue weighted by atomic mass is 10.2. The molecule has 1 aromatic carbocycles. The van der Waals surface area contributed by atoms with Gasteiger partial charge in [0, 0.05) is 0 Å². The predicted octanol–water partition coefficient (Wildman–Crippen LogP) is 2.95. The Morgan fingerprint density at radius 2 is 1.92 bits per heavy atom. The van der Waals surface area contributed by atoms with Crippen LogP contribution in [0.1, 0.15) is 21.6 Å². The van der Waals surface area contributed by atoms with Crippen molar-refractivity contribution in [3.63, 3.8) is 0 Å². The number of alkyl halides is 5. The second kappa shape index (κ2) is 8.00. The van der Waals surface area contributed by atoms with Crippen LogP contribution < -0.4 is 11.1 Å². The Kier molecular flexibility index (Phi) is 6.72. The van der Waals surface area contributed by atoms with E-state index in [2.05, 4.69) is 5.10 Å². The number of hydrogen-bond donors (Lipinski definition) is 2. The monoisotopic (exact) mass is 398 g/mol. The van der Waals surface area contributed by atoms with Crippen molar-refractivity contribution in [2.45, 2.75) is 19.0 Å². The lowest BCUT2D eigenvalue weighted by Gasteiger charge is -2.14. The molecule has 0 saturated carbocycles. The zero-order valence-electron chi connectivity index (χ0n) is 13.5. The van der Waals surface area contributed by atoms with E-state index in [0.717, 1.165) is 23.0 Å². The van der Waals surface area contributed by atoms with Crippen molar-refractivity contribution >= 4 is 18.3 Å². The lowest BCUT2D eigenvalue weighted by Crippen LogP contribution is -2.41. The first-order chi connectivity index (χ1) is 11.5. The van der Waals surface area contributed by atoms with Gasteiger partial charge in [-0.1, -0.05) is 6.07 Å². The maximum absolute atomic E-state index is 13.1. The molecule has 2 aromatic rings. The highest BCUT2D eigenvalue weighted by molar-refractivity contribution is 5.95. The van der Waals surface area contributed by atoms with E-state index in [4.69, 9.17) is 5.73 Å². The second-order valence-electron chi connectivity index (χ2n) is 5.35. The fraction of sp³-hybridized carbons (Fsp3) is 0.333. The average Bonchev–Trinajstić information content (AvgIpc) is 2.94. The number of carbonyl (C=O) groups is 1. The molecule has 0 bridgehead atoms. The third kappa shape index (κ3) is 4.92. The topological polar surface area (TPSA) is 72.9 Å². The normalized spacial score (nSPS) is 11.8. The highest BCUT2D eigenvalue weighted by Crippen LogP contribution is 2.30. The number of nitrogens with zero attached hydrogens (tertiary/aromatic N) is 2. The summed E-state index contributed by atoms with van der Waals surface area (Å²) in [7, 11) is 0. The summed E-state index contributed by atoms with van der Waals surface area (Å²) in [5, 5.41) is 5.90. The molecule has 26 heavy (non-hydrogen) atoms. The van der Waals surface area contributed by atoms with Crippen LogP contribution in [0.15, 0.2) is 30.5 Å². The van der Waals surface area contributed by atoms with Gasteiger partial charge in [0.15, 0.2) is 0 Å². The van der Waals surface area contributed by atoms with Crippen molar-refractivity contribution < 1.29 is 26.7 Å². The van der Waals surface area contributed by atoms with Gasteiger partial charge in [-0.15, -0.1) is 12.4 Å². The summed E-state index contributed by atoms with van der Waals surface area (Å²) in [5.74, 6) is -4.07. The zero-order chi connectivity index (χ0) is 18.8. The molecule has 11 heteroatoms. The number of halogens is 6. The van der Waals surface area contributed by atoms with Crippen molar-refractivity contribution in [1.29, 1.82) is 0 Å². The van der Waals surface area contributed by atoms with Gasteiger partial charge in [-0.05, 0) is 25.1 Å². The number of carbonyl (C=O) groups excluding carboxylic acids is 1. The van der Waals surface area contributed by atoms with Gasteiger partial charge < -0.3 is 11.1 Å². The van der Waals surface area contributed by atoms with Gasteiger partial charge in [0.1, 0.15) is 0 Å². The summed E-state index contributed by atoms with van der Waals surface area (Å²) in [5.41, 5.74) is 4.30. The molecule has 0 unspecified atom stereocenters. The average molecular weight is 399 g/mol. The quantitative estimate of drug-likeness (QED) is 0.761. The van der Waals surface area contributed by atoms with Gasteiger partial charge in [0.2, 0.25) is 0 Å². The Hall–Kier alpha value is -2.20. The fourth-order valence-electron chi connectivity index (χ4n) is 2.08. The fourth-order valence-corrected chi connectivity index (χ4v) is 2.08. The molecule has 0 aliphatic rings. The minimum atomic E-state index is -4.52. The van der Waals surface area contributed by atoms with Crippen molar-refractivity contribution in [3.8, 4) is 5.69 Å². The summed E-state index contributed by atoms with van der Waals surface area (Å²) < 4.78 is 65.7. The number of nitrogens with one attached hydrogen (secondary N) is 1. The molecule has 2 rings (SSSR count).